The van der Waals surface area contributed by atoms with Gasteiger partial charge in [-0.2, -0.15) is 0 Å². The molecule has 0 radical (unpaired) electrons. The Morgan fingerprint density at radius 2 is 2.17 bits per heavy atom. The number of benzene rings is 1. The van der Waals surface area contributed by atoms with Gasteiger partial charge in [-0.25, -0.2) is 0 Å². The lowest BCUT2D eigenvalue weighted by atomic mass is 9.96. The van der Waals surface area contributed by atoms with Gasteiger partial charge in [-0.3, -0.25) is 4.90 Å². The number of likely N-dealkylation sites (tertiary alicyclic amines) is 1. The first kappa shape index (κ1) is 14.0. The standard InChI is InChI=1S/C15H23BrN2/c1-3-14(17)15(18-9-8-11(2)10-18)12-6-4-5-7-13(12)16/h4-7,11,14-15H,3,8-10,17H2,1-2H3. The summed E-state index contributed by atoms with van der Waals surface area (Å²) in [6.45, 7) is 6.84. The smallest absolute Gasteiger partial charge is 0.0510 e. The van der Waals surface area contributed by atoms with Gasteiger partial charge < -0.3 is 5.73 Å². The molecule has 0 aromatic heterocycles. The molecule has 0 spiro atoms. The normalized spacial score (nSPS) is 24.1. The Labute approximate surface area is 119 Å². The third-order valence-electron chi connectivity index (χ3n) is 3.95. The van der Waals surface area contributed by atoms with Gasteiger partial charge in [0.05, 0.1) is 6.04 Å². The summed E-state index contributed by atoms with van der Waals surface area (Å²) in [6, 6.07) is 9.03. The van der Waals surface area contributed by atoms with E-state index in [1.165, 1.54) is 29.5 Å². The van der Waals surface area contributed by atoms with Crippen LogP contribution in [-0.2, 0) is 0 Å². The minimum absolute atomic E-state index is 0.203. The predicted molar refractivity (Wildman–Crippen MR) is 80.5 cm³/mol. The van der Waals surface area contributed by atoms with E-state index in [1.807, 2.05) is 0 Å². The van der Waals surface area contributed by atoms with Crippen molar-refractivity contribution >= 4 is 15.9 Å². The average Bonchev–Trinajstić information content (AvgIpc) is 2.78. The SMILES string of the molecule is CCC(N)C(c1ccccc1Br)N1CCC(C)C1. The molecule has 1 heterocycles. The molecular weight excluding hydrogens is 288 g/mol. The van der Waals surface area contributed by atoms with E-state index in [1.54, 1.807) is 0 Å². The molecule has 0 bridgehead atoms. The molecule has 1 saturated heterocycles. The summed E-state index contributed by atoms with van der Waals surface area (Å²) in [5, 5.41) is 0. The van der Waals surface area contributed by atoms with Crippen LogP contribution in [0.1, 0.15) is 38.3 Å². The lowest BCUT2D eigenvalue weighted by Gasteiger charge is -2.33. The van der Waals surface area contributed by atoms with E-state index in [9.17, 15) is 0 Å². The fraction of sp³-hybridized carbons (Fsp3) is 0.600. The first-order valence-corrected chi connectivity index (χ1v) is 7.66. The van der Waals surface area contributed by atoms with Gasteiger partial charge in [-0.15, -0.1) is 0 Å². The lowest BCUT2D eigenvalue weighted by molar-refractivity contribution is 0.203. The molecule has 1 aliphatic heterocycles. The van der Waals surface area contributed by atoms with E-state index in [4.69, 9.17) is 5.73 Å². The number of hydrogen-bond acceptors (Lipinski definition) is 2. The lowest BCUT2D eigenvalue weighted by Crippen LogP contribution is -2.40. The number of halogens is 1. The molecular formula is C15H23BrN2. The van der Waals surface area contributed by atoms with Crippen molar-refractivity contribution in [1.29, 1.82) is 0 Å². The van der Waals surface area contributed by atoms with E-state index in [-0.39, 0.29) is 6.04 Å². The number of rotatable bonds is 4. The van der Waals surface area contributed by atoms with Crippen molar-refractivity contribution in [3.8, 4) is 0 Å². The Balaban J connectivity index is 2.28. The molecule has 0 aliphatic carbocycles. The summed E-state index contributed by atoms with van der Waals surface area (Å²) in [4.78, 5) is 2.55. The van der Waals surface area contributed by atoms with Crippen LogP contribution in [0.2, 0.25) is 0 Å². The van der Waals surface area contributed by atoms with Crippen molar-refractivity contribution in [2.24, 2.45) is 11.7 Å². The van der Waals surface area contributed by atoms with Gasteiger partial charge in [-0.1, -0.05) is 48.0 Å². The number of hydrogen-bond donors (Lipinski definition) is 1. The summed E-state index contributed by atoms with van der Waals surface area (Å²) < 4.78 is 1.18. The summed E-state index contributed by atoms with van der Waals surface area (Å²) >= 11 is 3.67. The first-order chi connectivity index (χ1) is 8.63. The fourth-order valence-corrected chi connectivity index (χ4v) is 3.38. The monoisotopic (exact) mass is 310 g/mol. The van der Waals surface area contributed by atoms with Crippen LogP contribution in [-0.4, -0.2) is 24.0 Å². The van der Waals surface area contributed by atoms with Crippen molar-refractivity contribution in [1.82, 2.24) is 4.90 Å². The Bertz CT molecular complexity index is 394. The second-order valence-electron chi connectivity index (χ2n) is 5.43. The minimum atomic E-state index is 0.203. The van der Waals surface area contributed by atoms with Crippen molar-refractivity contribution < 1.29 is 0 Å². The minimum Gasteiger partial charge on any atom is -0.326 e. The molecule has 0 amide bonds. The fourth-order valence-electron chi connectivity index (χ4n) is 2.86. The Kier molecular flexibility index (Phi) is 4.82. The van der Waals surface area contributed by atoms with Gasteiger partial charge in [0.25, 0.3) is 0 Å². The average molecular weight is 311 g/mol. The molecule has 18 heavy (non-hydrogen) atoms. The molecule has 2 rings (SSSR count). The molecule has 1 aromatic rings. The summed E-state index contributed by atoms with van der Waals surface area (Å²) in [7, 11) is 0. The quantitative estimate of drug-likeness (QED) is 0.921. The maximum absolute atomic E-state index is 6.38. The van der Waals surface area contributed by atoms with E-state index in [0.717, 1.165) is 12.3 Å². The molecule has 3 unspecified atom stereocenters. The summed E-state index contributed by atoms with van der Waals surface area (Å²) in [6.07, 6.45) is 2.30. The Hall–Kier alpha value is -0.380. The molecule has 1 aromatic carbocycles. The first-order valence-electron chi connectivity index (χ1n) is 6.87. The van der Waals surface area contributed by atoms with Crippen LogP contribution in [0.4, 0.5) is 0 Å². The van der Waals surface area contributed by atoms with Gasteiger partial charge >= 0.3 is 0 Å². The molecule has 2 nitrogen and oxygen atoms in total. The van der Waals surface area contributed by atoms with Crippen molar-refractivity contribution in [3.63, 3.8) is 0 Å². The molecule has 0 saturated carbocycles. The van der Waals surface area contributed by atoms with Crippen LogP contribution in [0.3, 0.4) is 0 Å². The third kappa shape index (κ3) is 2.95. The molecule has 3 atom stereocenters. The number of nitrogens with zero attached hydrogens (tertiary/aromatic N) is 1. The highest BCUT2D eigenvalue weighted by atomic mass is 79.9. The third-order valence-corrected chi connectivity index (χ3v) is 4.67. The second-order valence-corrected chi connectivity index (χ2v) is 6.28. The van der Waals surface area contributed by atoms with Gasteiger partial charge in [0, 0.05) is 17.1 Å². The van der Waals surface area contributed by atoms with E-state index < -0.39 is 0 Å². The van der Waals surface area contributed by atoms with Crippen LogP contribution in [0.25, 0.3) is 0 Å². The van der Waals surface area contributed by atoms with Crippen LogP contribution >= 0.6 is 15.9 Å². The van der Waals surface area contributed by atoms with Gasteiger partial charge in [0.2, 0.25) is 0 Å². The maximum Gasteiger partial charge on any atom is 0.0510 e. The van der Waals surface area contributed by atoms with E-state index in [0.29, 0.717) is 6.04 Å². The Morgan fingerprint density at radius 1 is 1.44 bits per heavy atom. The van der Waals surface area contributed by atoms with E-state index >= 15 is 0 Å². The maximum atomic E-state index is 6.38. The van der Waals surface area contributed by atoms with Gasteiger partial charge in [0.1, 0.15) is 0 Å². The van der Waals surface area contributed by atoms with Crippen LogP contribution in [0.5, 0.6) is 0 Å². The van der Waals surface area contributed by atoms with Gasteiger partial charge in [-0.05, 0) is 36.9 Å². The van der Waals surface area contributed by atoms with Crippen molar-refractivity contribution in [3.05, 3.63) is 34.3 Å². The largest absolute Gasteiger partial charge is 0.326 e. The second kappa shape index (κ2) is 6.18. The summed E-state index contributed by atoms with van der Waals surface area (Å²) in [5.74, 6) is 0.791. The predicted octanol–water partition coefficient (Wildman–Crippen LogP) is 3.57. The van der Waals surface area contributed by atoms with Crippen LogP contribution in [0.15, 0.2) is 28.7 Å². The molecule has 100 valence electrons. The van der Waals surface area contributed by atoms with Crippen molar-refractivity contribution in [2.75, 3.05) is 13.1 Å². The van der Waals surface area contributed by atoms with Crippen LogP contribution < -0.4 is 5.73 Å². The van der Waals surface area contributed by atoms with Crippen LogP contribution in [0, 0.1) is 5.92 Å². The summed E-state index contributed by atoms with van der Waals surface area (Å²) in [5.41, 5.74) is 7.72. The van der Waals surface area contributed by atoms with E-state index in [2.05, 4.69) is 58.9 Å². The zero-order valence-corrected chi connectivity index (χ0v) is 12.9. The molecule has 1 aliphatic rings. The molecule has 3 heteroatoms. The Morgan fingerprint density at radius 3 is 2.72 bits per heavy atom. The highest BCUT2D eigenvalue weighted by Gasteiger charge is 2.31. The highest BCUT2D eigenvalue weighted by molar-refractivity contribution is 9.10. The topological polar surface area (TPSA) is 29.3 Å². The molecule has 2 N–H and O–H groups in total. The zero-order chi connectivity index (χ0) is 13.1. The highest BCUT2D eigenvalue weighted by Crippen LogP contribution is 2.34. The number of nitrogens with two attached hydrogens (primary N) is 1. The van der Waals surface area contributed by atoms with Gasteiger partial charge in [0.15, 0.2) is 0 Å². The van der Waals surface area contributed by atoms with Crippen molar-refractivity contribution in [2.45, 2.75) is 38.8 Å². The molecule has 1 fully saturated rings. The zero-order valence-electron chi connectivity index (χ0n) is 11.3.